The molecule has 0 atom stereocenters. The Morgan fingerprint density at radius 1 is 1.03 bits per heavy atom. The maximum Gasteiger partial charge on any atom is 0.321 e. The van der Waals surface area contributed by atoms with Gasteiger partial charge in [0.25, 0.3) is 5.91 Å². The Balaban J connectivity index is 1.60. The molecular weight excluding hydrogens is 370 g/mol. The molecule has 1 heterocycles. The zero-order valence-electron chi connectivity index (χ0n) is 17.1. The summed E-state index contributed by atoms with van der Waals surface area (Å²) >= 11 is 0. The van der Waals surface area contributed by atoms with Crippen LogP contribution in [0, 0.1) is 0 Å². The first-order valence-corrected chi connectivity index (χ1v) is 9.64. The predicted octanol–water partition coefficient (Wildman–Crippen LogP) is 3.60. The third kappa shape index (κ3) is 4.99. The van der Waals surface area contributed by atoms with E-state index in [1.54, 1.807) is 56.5 Å². The number of carbonyl (C=O) groups is 2. The number of ether oxygens (including phenoxy) is 2. The highest BCUT2D eigenvalue weighted by atomic mass is 16.5. The molecule has 0 spiro atoms. The summed E-state index contributed by atoms with van der Waals surface area (Å²) < 4.78 is 10.6. The molecule has 0 aromatic heterocycles. The molecule has 1 N–H and O–H groups in total. The van der Waals surface area contributed by atoms with Crippen molar-refractivity contribution in [3.8, 4) is 11.5 Å². The molecular formula is C22H27N3O4. The molecule has 0 aliphatic carbocycles. The lowest BCUT2D eigenvalue weighted by molar-refractivity contribution is 0.0793. The molecule has 1 aliphatic heterocycles. The number of carbonyl (C=O) groups excluding carboxylic acids is 2. The minimum Gasteiger partial charge on any atom is -0.497 e. The van der Waals surface area contributed by atoms with Gasteiger partial charge in [-0.2, -0.15) is 0 Å². The zero-order chi connectivity index (χ0) is 20.8. The van der Waals surface area contributed by atoms with Crippen molar-refractivity contribution in [1.29, 1.82) is 0 Å². The van der Waals surface area contributed by atoms with Crippen LogP contribution in [0.3, 0.4) is 0 Å². The van der Waals surface area contributed by atoms with Crippen LogP contribution in [0.2, 0.25) is 0 Å². The van der Waals surface area contributed by atoms with Crippen LogP contribution in [0.4, 0.5) is 10.5 Å². The fourth-order valence-electron chi connectivity index (χ4n) is 3.33. The first kappa shape index (κ1) is 20.5. The first-order valence-electron chi connectivity index (χ1n) is 9.64. The minimum absolute atomic E-state index is 0.0455. The van der Waals surface area contributed by atoms with Gasteiger partial charge >= 0.3 is 6.03 Å². The van der Waals surface area contributed by atoms with Gasteiger partial charge in [0, 0.05) is 43.0 Å². The summed E-state index contributed by atoms with van der Waals surface area (Å²) in [6.07, 6.45) is 2.12. The quantitative estimate of drug-likeness (QED) is 0.808. The molecule has 1 aliphatic rings. The number of nitrogens with zero attached hydrogens (tertiary/aromatic N) is 2. The van der Waals surface area contributed by atoms with Gasteiger partial charge in [0.2, 0.25) is 0 Å². The average Bonchev–Trinajstić information content (AvgIpc) is 3.29. The van der Waals surface area contributed by atoms with E-state index in [-0.39, 0.29) is 11.9 Å². The molecule has 7 heteroatoms. The van der Waals surface area contributed by atoms with E-state index in [0.717, 1.165) is 31.5 Å². The fourth-order valence-corrected chi connectivity index (χ4v) is 3.33. The normalized spacial score (nSPS) is 13.1. The van der Waals surface area contributed by atoms with Gasteiger partial charge in [-0.3, -0.25) is 4.79 Å². The molecule has 154 valence electrons. The lowest BCUT2D eigenvalue weighted by Gasteiger charge is -2.20. The molecule has 3 rings (SSSR count). The van der Waals surface area contributed by atoms with E-state index < -0.39 is 0 Å². The third-order valence-corrected chi connectivity index (χ3v) is 5.02. The van der Waals surface area contributed by atoms with Gasteiger partial charge in [-0.25, -0.2) is 4.79 Å². The van der Waals surface area contributed by atoms with E-state index in [1.165, 1.54) is 0 Å². The second kappa shape index (κ2) is 9.32. The number of nitrogens with one attached hydrogen (secondary N) is 1. The largest absolute Gasteiger partial charge is 0.497 e. The third-order valence-electron chi connectivity index (χ3n) is 5.02. The molecule has 29 heavy (non-hydrogen) atoms. The summed E-state index contributed by atoms with van der Waals surface area (Å²) in [7, 11) is 4.89. The van der Waals surface area contributed by atoms with Crippen molar-refractivity contribution in [2.24, 2.45) is 0 Å². The topological polar surface area (TPSA) is 71.1 Å². The van der Waals surface area contributed by atoms with Crippen molar-refractivity contribution >= 4 is 17.6 Å². The molecule has 0 unspecified atom stereocenters. The molecule has 0 saturated carbocycles. The van der Waals surface area contributed by atoms with Crippen LogP contribution in [0.1, 0.15) is 28.8 Å². The summed E-state index contributed by atoms with van der Waals surface area (Å²) in [6, 6.07) is 12.3. The number of methoxy groups -OCH3 is 2. The number of hydrogen-bond acceptors (Lipinski definition) is 4. The van der Waals surface area contributed by atoms with E-state index in [0.29, 0.717) is 29.3 Å². The number of benzene rings is 2. The van der Waals surface area contributed by atoms with Crippen LogP contribution in [0.15, 0.2) is 42.5 Å². The van der Waals surface area contributed by atoms with Crippen molar-refractivity contribution in [2.45, 2.75) is 19.4 Å². The first-order chi connectivity index (χ1) is 14.0. The van der Waals surface area contributed by atoms with Crippen LogP contribution >= 0.6 is 0 Å². The number of hydrogen-bond donors (Lipinski definition) is 1. The average molecular weight is 397 g/mol. The highest BCUT2D eigenvalue weighted by Gasteiger charge is 2.19. The Morgan fingerprint density at radius 3 is 2.34 bits per heavy atom. The molecule has 1 fully saturated rings. The van der Waals surface area contributed by atoms with Gasteiger partial charge in [0.1, 0.15) is 11.5 Å². The number of amides is 3. The highest BCUT2D eigenvalue weighted by Crippen LogP contribution is 2.25. The number of anilines is 1. The van der Waals surface area contributed by atoms with Gasteiger partial charge in [-0.05, 0) is 49.2 Å². The Kier molecular flexibility index (Phi) is 6.59. The fraction of sp³-hybridized carbons (Fsp3) is 0.364. The summed E-state index contributed by atoms with van der Waals surface area (Å²) in [6.45, 7) is 2.01. The molecule has 3 amide bonds. The van der Waals surface area contributed by atoms with E-state index >= 15 is 0 Å². The monoisotopic (exact) mass is 397 g/mol. The van der Waals surface area contributed by atoms with E-state index in [4.69, 9.17) is 9.47 Å². The lowest BCUT2D eigenvalue weighted by atomic mass is 10.1. The van der Waals surface area contributed by atoms with Crippen molar-refractivity contribution in [2.75, 3.05) is 39.7 Å². The maximum absolute atomic E-state index is 12.5. The smallest absolute Gasteiger partial charge is 0.321 e. The second-order valence-corrected chi connectivity index (χ2v) is 7.04. The summed E-state index contributed by atoms with van der Waals surface area (Å²) in [4.78, 5) is 28.4. The number of likely N-dealkylation sites (tertiary alicyclic amines) is 1. The molecule has 7 nitrogen and oxygen atoms in total. The summed E-state index contributed by atoms with van der Waals surface area (Å²) in [5.74, 6) is 1.40. The number of urea groups is 1. The van der Waals surface area contributed by atoms with Gasteiger partial charge < -0.3 is 24.6 Å². The maximum atomic E-state index is 12.5. The lowest BCUT2D eigenvalue weighted by Crippen LogP contribution is -2.31. The van der Waals surface area contributed by atoms with E-state index in [1.807, 2.05) is 17.0 Å². The van der Waals surface area contributed by atoms with Crippen LogP contribution < -0.4 is 14.8 Å². The minimum atomic E-state index is -0.249. The van der Waals surface area contributed by atoms with Crippen LogP contribution in [-0.2, 0) is 6.54 Å². The Bertz CT molecular complexity index is 861. The van der Waals surface area contributed by atoms with Crippen molar-refractivity contribution in [1.82, 2.24) is 9.80 Å². The van der Waals surface area contributed by atoms with Gasteiger partial charge in [-0.1, -0.05) is 0 Å². The second-order valence-electron chi connectivity index (χ2n) is 7.04. The van der Waals surface area contributed by atoms with E-state index in [9.17, 15) is 9.59 Å². The zero-order valence-corrected chi connectivity index (χ0v) is 17.1. The Morgan fingerprint density at radius 2 is 1.72 bits per heavy atom. The summed E-state index contributed by atoms with van der Waals surface area (Å²) in [5.41, 5.74) is 2.15. The molecule has 2 aromatic rings. The molecule has 1 saturated heterocycles. The van der Waals surface area contributed by atoms with Crippen LogP contribution in [0.25, 0.3) is 0 Å². The van der Waals surface area contributed by atoms with Gasteiger partial charge in [0.05, 0.1) is 20.8 Å². The van der Waals surface area contributed by atoms with Crippen molar-refractivity contribution < 1.29 is 19.1 Å². The number of rotatable bonds is 6. The van der Waals surface area contributed by atoms with Crippen molar-refractivity contribution in [3.63, 3.8) is 0 Å². The Hall–Kier alpha value is -3.22. The highest BCUT2D eigenvalue weighted by molar-refractivity contribution is 5.95. The molecule has 2 aromatic carbocycles. The van der Waals surface area contributed by atoms with Gasteiger partial charge in [-0.15, -0.1) is 0 Å². The standard InChI is InChI=1S/C22H27N3O4/c1-24(15-17-8-11-19(28-2)14-20(17)29-3)22(27)23-18-9-6-16(7-10-18)21(26)25-12-4-5-13-25/h6-11,14H,4-5,12-13,15H2,1-3H3,(H,23,27). The summed E-state index contributed by atoms with van der Waals surface area (Å²) in [5, 5.41) is 2.85. The predicted molar refractivity (Wildman–Crippen MR) is 112 cm³/mol. The molecule has 0 radical (unpaired) electrons. The SMILES string of the molecule is COc1ccc(CN(C)C(=O)Nc2ccc(C(=O)N3CCCC3)cc2)c(OC)c1. The van der Waals surface area contributed by atoms with Crippen LogP contribution in [-0.4, -0.2) is 56.1 Å². The Labute approximate surface area is 171 Å². The van der Waals surface area contributed by atoms with Gasteiger partial charge in [0.15, 0.2) is 0 Å². The molecule has 0 bridgehead atoms. The van der Waals surface area contributed by atoms with Crippen molar-refractivity contribution in [3.05, 3.63) is 53.6 Å². The van der Waals surface area contributed by atoms with Crippen LogP contribution in [0.5, 0.6) is 11.5 Å². The van der Waals surface area contributed by atoms with E-state index in [2.05, 4.69) is 5.32 Å².